The molecule has 0 atom stereocenters. The first-order chi connectivity index (χ1) is 9.61. The monoisotopic (exact) mass is 272 g/mol. The van der Waals surface area contributed by atoms with Crippen molar-refractivity contribution in [3.05, 3.63) is 59.4 Å². The van der Waals surface area contributed by atoms with Crippen molar-refractivity contribution in [1.82, 2.24) is 0 Å². The van der Waals surface area contributed by atoms with E-state index in [0.29, 0.717) is 11.3 Å². The van der Waals surface area contributed by atoms with Gasteiger partial charge in [-0.25, -0.2) is 4.39 Å². The number of nitrogens with zero attached hydrogens (tertiary/aromatic N) is 1. The van der Waals surface area contributed by atoms with Crippen LogP contribution in [0.5, 0.6) is 0 Å². The number of nitrogen functional groups attached to an aromatic ring is 1. The lowest BCUT2D eigenvalue weighted by Crippen LogP contribution is -2.24. The maximum atomic E-state index is 13.5. The van der Waals surface area contributed by atoms with Crippen LogP contribution in [0.2, 0.25) is 0 Å². The van der Waals surface area contributed by atoms with Crippen LogP contribution in [0.4, 0.5) is 15.8 Å². The van der Waals surface area contributed by atoms with Crippen molar-refractivity contribution < 1.29 is 4.39 Å². The first-order valence-electron chi connectivity index (χ1n) is 6.96. The molecule has 0 aliphatic rings. The molecule has 2 aromatic rings. The Hall–Kier alpha value is -2.03. The number of halogens is 1. The molecule has 2 aromatic carbocycles. The summed E-state index contributed by atoms with van der Waals surface area (Å²) in [6.07, 6.45) is 1.02. The van der Waals surface area contributed by atoms with Crippen molar-refractivity contribution in [1.29, 1.82) is 0 Å². The second kappa shape index (κ2) is 6.42. The number of benzene rings is 2. The van der Waals surface area contributed by atoms with Gasteiger partial charge in [0.2, 0.25) is 0 Å². The SMILES string of the molecule is CCCN(Cc1ccccc1)c1cc(C)c(F)cc1N. The Bertz CT molecular complexity index is 567. The summed E-state index contributed by atoms with van der Waals surface area (Å²) in [5.41, 5.74) is 9.26. The minimum Gasteiger partial charge on any atom is -0.397 e. The first kappa shape index (κ1) is 14.4. The van der Waals surface area contributed by atoms with E-state index in [1.807, 2.05) is 24.3 Å². The van der Waals surface area contributed by atoms with Crippen molar-refractivity contribution in [2.75, 3.05) is 17.2 Å². The molecule has 0 heterocycles. The average molecular weight is 272 g/mol. The molecule has 2 N–H and O–H groups in total. The summed E-state index contributed by atoms with van der Waals surface area (Å²) in [6, 6.07) is 13.5. The van der Waals surface area contributed by atoms with Crippen LogP contribution in [-0.4, -0.2) is 6.54 Å². The highest BCUT2D eigenvalue weighted by Gasteiger charge is 2.12. The highest BCUT2D eigenvalue weighted by Crippen LogP contribution is 2.28. The lowest BCUT2D eigenvalue weighted by molar-refractivity contribution is 0.618. The Morgan fingerprint density at radius 1 is 1.15 bits per heavy atom. The molecule has 0 bridgehead atoms. The molecule has 0 radical (unpaired) electrons. The van der Waals surface area contributed by atoms with Gasteiger partial charge in [-0.05, 0) is 36.6 Å². The summed E-state index contributed by atoms with van der Waals surface area (Å²) in [4.78, 5) is 2.21. The van der Waals surface area contributed by atoms with Crippen LogP contribution in [0.25, 0.3) is 0 Å². The Morgan fingerprint density at radius 3 is 2.50 bits per heavy atom. The van der Waals surface area contributed by atoms with Crippen LogP contribution in [-0.2, 0) is 6.54 Å². The smallest absolute Gasteiger partial charge is 0.128 e. The number of rotatable bonds is 5. The van der Waals surface area contributed by atoms with E-state index in [2.05, 4.69) is 24.0 Å². The van der Waals surface area contributed by atoms with E-state index in [1.165, 1.54) is 11.6 Å². The molecule has 20 heavy (non-hydrogen) atoms. The molecule has 0 unspecified atom stereocenters. The molecule has 0 saturated carbocycles. The van der Waals surface area contributed by atoms with Gasteiger partial charge < -0.3 is 10.6 Å². The Morgan fingerprint density at radius 2 is 1.85 bits per heavy atom. The van der Waals surface area contributed by atoms with Gasteiger partial charge >= 0.3 is 0 Å². The Labute approximate surface area is 120 Å². The van der Waals surface area contributed by atoms with Gasteiger partial charge in [0.25, 0.3) is 0 Å². The second-order valence-electron chi connectivity index (χ2n) is 5.07. The molecule has 0 aliphatic heterocycles. The molecule has 0 aliphatic carbocycles. The minimum atomic E-state index is -0.248. The second-order valence-corrected chi connectivity index (χ2v) is 5.07. The predicted molar refractivity (Wildman–Crippen MR) is 83.3 cm³/mol. The van der Waals surface area contributed by atoms with Gasteiger partial charge in [-0.2, -0.15) is 0 Å². The molecular weight excluding hydrogens is 251 g/mol. The summed E-state index contributed by atoms with van der Waals surface area (Å²) in [5.74, 6) is -0.248. The van der Waals surface area contributed by atoms with Gasteiger partial charge in [-0.3, -0.25) is 0 Å². The zero-order chi connectivity index (χ0) is 14.5. The van der Waals surface area contributed by atoms with Crippen molar-refractivity contribution in [2.24, 2.45) is 0 Å². The molecule has 0 spiro atoms. The fraction of sp³-hybridized carbons (Fsp3) is 0.294. The van der Waals surface area contributed by atoms with E-state index in [0.717, 1.165) is 25.2 Å². The van der Waals surface area contributed by atoms with Crippen LogP contribution in [0, 0.1) is 12.7 Å². The van der Waals surface area contributed by atoms with Crippen molar-refractivity contribution in [2.45, 2.75) is 26.8 Å². The molecule has 2 nitrogen and oxygen atoms in total. The van der Waals surface area contributed by atoms with Gasteiger partial charge in [0.1, 0.15) is 5.82 Å². The fourth-order valence-corrected chi connectivity index (χ4v) is 2.31. The summed E-state index contributed by atoms with van der Waals surface area (Å²) in [6.45, 7) is 5.57. The van der Waals surface area contributed by atoms with E-state index in [9.17, 15) is 4.39 Å². The van der Waals surface area contributed by atoms with Crippen LogP contribution in [0.3, 0.4) is 0 Å². The normalized spacial score (nSPS) is 10.6. The highest BCUT2D eigenvalue weighted by molar-refractivity contribution is 5.68. The van der Waals surface area contributed by atoms with E-state index < -0.39 is 0 Å². The van der Waals surface area contributed by atoms with E-state index in [1.54, 1.807) is 6.92 Å². The zero-order valence-corrected chi connectivity index (χ0v) is 12.1. The van der Waals surface area contributed by atoms with Gasteiger partial charge in [-0.1, -0.05) is 37.3 Å². The van der Waals surface area contributed by atoms with Crippen molar-refractivity contribution in [3.63, 3.8) is 0 Å². The van der Waals surface area contributed by atoms with E-state index >= 15 is 0 Å². The van der Waals surface area contributed by atoms with Crippen LogP contribution in [0.1, 0.15) is 24.5 Å². The summed E-state index contributed by atoms with van der Waals surface area (Å²) in [7, 11) is 0. The summed E-state index contributed by atoms with van der Waals surface area (Å²) in [5, 5.41) is 0. The van der Waals surface area contributed by atoms with Crippen LogP contribution >= 0.6 is 0 Å². The lowest BCUT2D eigenvalue weighted by atomic mass is 10.1. The number of hydrogen-bond donors (Lipinski definition) is 1. The molecule has 0 fully saturated rings. The van der Waals surface area contributed by atoms with E-state index in [-0.39, 0.29) is 5.82 Å². The maximum absolute atomic E-state index is 13.5. The fourth-order valence-electron chi connectivity index (χ4n) is 2.31. The molecule has 3 heteroatoms. The molecule has 2 rings (SSSR count). The van der Waals surface area contributed by atoms with Crippen molar-refractivity contribution >= 4 is 11.4 Å². The van der Waals surface area contributed by atoms with Gasteiger partial charge in [0.15, 0.2) is 0 Å². The van der Waals surface area contributed by atoms with Crippen molar-refractivity contribution in [3.8, 4) is 0 Å². The lowest BCUT2D eigenvalue weighted by Gasteiger charge is -2.26. The highest BCUT2D eigenvalue weighted by atomic mass is 19.1. The number of anilines is 2. The zero-order valence-electron chi connectivity index (χ0n) is 12.1. The van der Waals surface area contributed by atoms with E-state index in [4.69, 9.17) is 5.73 Å². The quantitative estimate of drug-likeness (QED) is 0.829. The summed E-state index contributed by atoms with van der Waals surface area (Å²) >= 11 is 0. The predicted octanol–water partition coefficient (Wildman–Crippen LogP) is 4.13. The summed E-state index contributed by atoms with van der Waals surface area (Å²) < 4.78 is 13.5. The standard InChI is InChI=1S/C17H21FN2/c1-3-9-20(12-14-7-5-4-6-8-14)17-10-13(2)15(18)11-16(17)19/h4-8,10-11H,3,9,12,19H2,1-2H3. The maximum Gasteiger partial charge on any atom is 0.128 e. The molecular formula is C17H21FN2. The molecule has 0 amide bonds. The third-order valence-corrected chi connectivity index (χ3v) is 3.36. The van der Waals surface area contributed by atoms with Gasteiger partial charge in [0, 0.05) is 13.1 Å². The number of hydrogen-bond acceptors (Lipinski definition) is 2. The minimum absolute atomic E-state index is 0.248. The topological polar surface area (TPSA) is 29.3 Å². The van der Waals surface area contributed by atoms with Gasteiger partial charge in [-0.15, -0.1) is 0 Å². The van der Waals surface area contributed by atoms with Crippen LogP contribution < -0.4 is 10.6 Å². The number of nitrogens with two attached hydrogens (primary N) is 1. The molecule has 0 aromatic heterocycles. The number of aryl methyl sites for hydroxylation is 1. The van der Waals surface area contributed by atoms with Gasteiger partial charge in [0.05, 0.1) is 11.4 Å². The van der Waals surface area contributed by atoms with Crippen LogP contribution in [0.15, 0.2) is 42.5 Å². The first-order valence-corrected chi connectivity index (χ1v) is 6.96. The molecule has 0 saturated heterocycles. The Kier molecular flexibility index (Phi) is 4.61. The largest absolute Gasteiger partial charge is 0.397 e. The third-order valence-electron chi connectivity index (χ3n) is 3.36. The molecule has 106 valence electrons. The average Bonchev–Trinajstić information content (AvgIpc) is 2.44. The Balaban J connectivity index is 2.31. The third kappa shape index (κ3) is 3.29.